The van der Waals surface area contributed by atoms with E-state index in [0.717, 1.165) is 0 Å². The molecule has 0 fully saturated rings. The third-order valence-electron chi connectivity index (χ3n) is 2.81. The van der Waals surface area contributed by atoms with Gasteiger partial charge in [0.15, 0.2) is 0 Å². The van der Waals surface area contributed by atoms with E-state index in [-0.39, 0.29) is 12.5 Å². The summed E-state index contributed by atoms with van der Waals surface area (Å²) < 4.78 is 18.3. The molecule has 0 bridgehead atoms. The number of amides is 2. The Labute approximate surface area is 116 Å². The Hall–Kier alpha value is -2.11. The Morgan fingerprint density at radius 3 is 2.80 bits per heavy atom. The van der Waals surface area contributed by atoms with Gasteiger partial charge in [-0.05, 0) is 44.5 Å². The van der Waals surface area contributed by atoms with Crippen molar-refractivity contribution in [1.29, 1.82) is 0 Å². The summed E-state index contributed by atoms with van der Waals surface area (Å²) in [6, 6.07) is 4.09. The minimum atomic E-state index is -0.605. The zero-order valence-corrected chi connectivity index (χ0v) is 11.6. The van der Waals surface area contributed by atoms with Crippen molar-refractivity contribution >= 4 is 17.7 Å². The molecule has 1 aromatic carbocycles. The number of rotatable bonds is 2. The normalized spacial score (nSPS) is 17.4. The Morgan fingerprint density at radius 1 is 1.45 bits per heavy atom. The first-order valence-corrected chi connectivity index (χ1v) is 6.33. The minimum Gasteiger partial charge on any atom is -0.444 e. The van der Waals surface area contributed by atoms with Crippen molar-refractivity contribution in [1.82, 2.24) is 5.32 Å². The second-order valence-electron chi connectivity index (χ2n) is 5.66. The van der Waals surface area contributed by atoms with Crippen molar-refractivity contribution in [2.75, 3.05) is 11.9 Å². The standard InChI is InChI=1S/C14H17FN2O3/c1-14(2,3)20-13(19)16-7-10-9-6-8(15)4-5-11(9)17-12(10)18/h4-6,10H,7H2,1-3H3,(H,16,19)(H,17,18). The predicted octanol–water partition coefficient (Wildman–Crippen LogP) is 2.39. The molecule has 1 aliphatic rings. The summed E-state index contributed by atoms with van der Waals surface area (Å²) in [7, 11) is 0. The van der Waals surface area contributed by atoms with Gasteiger partial charge in [-0.25, -0.2) is 9.18 Å². The maximum atomic E-state index is 13.2. The van der Waals surface area contributed by atoms with E-state index >= 15 is 0 Å². The fourth-order valence-corrected chi connectivity index (χ4v) is 2.00. The van der Waals surface area contributed by atoms with Gasteiger partial charge < -0.3 is 15.4 Å². The molecule has 0 aromatic heterocycles. The number of ether oxygens (including phenoxy) is 1. The lowest BCUT2D eigenvalue weighted by molar-refractivity contribution is -0.116. The molecule has 0 saturated carbocycles. The van der Waals surface area contributed by atoms with Crippen molar-refractivity contribution in [2.24, 2.45) is 0 Å². The Kier molecular flexibility index (Phi) is 3.65. The van der Waals surface area contributed by atoms with Gasteiger partial charge in [-0.15, -0.1) is 0 Å². The van der Waals surface area contributed by atoms with Gasteiger partial charge >= 0.3 is 6.09 Å². The van der Waals surface area contributed by atoms with Crippen LogP contribution in [0, 0.1) is 5.82 Å². The number of alkyl carbamates (subject to hydrolysis) is 1. The van der Waals surface area contributed by atoms with Crippen LogP contribution < -0.4 is 10.6 Å². The number of anilines is 1. The van der Waals surface area contributed by atoms with Crippen molar-refractivity contribution in [2.45, 2.75) is 32.3 Å². The Balaban J connectivity index is 2.03. The maximum Gasteiger partial charge on any atom is 0.407 e. The van der Waals surface area contributed by atoms with Crippen LogP contribution in [0.25, 0.3) is 0 Å². The first-order chi connectivity index (χ1) is 9.26. The summed E-state index contributed by atoms with van der Waals surface area (Å²) in [5.41, 5.74) is 0.518. The number of benzene rings is 1. The number of hydrogen-bond donors (Lipinski definition) is 2. The average molecular weight is 280 g/mol. The molecule has 20 heavy (non-hydrogen) atoms. The first kappa shape index (κ1) is 14.3. The summed E-state index contributed by atoms with van der Waals surface area (Å²) >= 11 is 0. The lowest BCUT2D eigenvalue weighted by atomic mass is 10.0. The third-order valence-corrected chi connectivity index (χ3v) is 2.81. The molecule has 0 spiro atoms. The van der Waals surface area contributed by atoms with Crippen molar-refractivity contribution in [3.05, 3.63) is 29.6 Å². The molecule has 1 atom stereocenters. The van der Waals surface area contributed by atoms with Crippen LogP contribution in [0.3, 0.4) is 0 Å². The van der Waals surface area contributed by atoms with Crippen LogP contribution in [0.5, 0.6) is 0 Å². The maximum absolute atomic E-state index is 13.2. The van der Waals surface area contributed by atoms with Gasteiger partial charge in [0.05, 0.1) is 5.92 Å². The van der Waals surface area contributed by atoms with Gasteiger partial charge in [-0.1, -0.05) is 0 Å². The second kappa shape index (κ2) is 5.11. The van der Waals surface area contributed by atoms with Crippen LogP contribution in [0.1, 0.15) is 32.3 Å². The van der Waals surface area contributed by atoms with Crippen molar-refractivity contribution in [3.8, 4) is 0 Å². The third kappa shape index (κ3) is 3.26. The van der Waals surface area contributed by atoms with E-state index in [9.17, 15) is 14.0 Å². The molecule has 1 unspecified atom stereocenters. The average Bonchev–Trinajstić information content (AvgIpc) is 2.59. The van der Waals surface area contributed by atoms with Crippen LogP contribution in [0.2, 0.25) is 0 Å². The van der Waals surface area contributed by atoms with E-state index in [1.807, 2.05) is 0 Å². The summed E-state index contributed by atoms with van der Waals surface area (Å²) in [5, 5.41) is 5.18. The van der Waals surface area contributed by atoms with Gasteiger partial charge in [-0.2, -0.15) is 0 Å². The molecule has 2 amide bonds. The van der Waals surface area contributed by atoms with Crippen LogP contribution in [-0.4, -0.2) is 24.1 Å². The van der Waals surface area contributed by atoms with E-state index in [4.69, 9.17) is 4.74 Å². The van der Waals surface area contributed by atoms with Crippen molar-refractivity contribution < 1.29 is 18.7 Å². The van der Waals surface area contributed by atoms with E-state index in [1.165, 1.54) is 18.2 Å². The smallest absolute Gasteiger partial charge is 0.407 e. The quantitative estimate of drug-likeness (QED) is 0.874. The van der Waals surface area contributed by atoms with Crippen molar-refractivity contribution in [3.63, 3.8) is 0 Å². The molecule has 1 heterocycles. The number of halogens is 1. The highest BCUT2D eigenvalue weighted by molar-refractivity contribution is 6.03. The van der Waals surface area contributed by atoms with Gasteiger partial charge in [0, 0.05) is 12.2 Å². The molecule has 6 heteroatoms. The van der Waals surface area contributed by atoms with E-state index < -0.39 is 23.4 Å². The van der Waals surface area contributed by atoms with E-state index in [1.54, 1.807) is 20.8 Å². The van der Waals surface area contributed by atoms with Crippen LogP contribution in [0.15, 0.2) is 18.2 Å². The zero-order valence-electron chi connectivity index (χ0n) is 11.6. The first-order valence-electron chi connectivity index (χ1n) is 6.33. The molecule has 5 nitrogen and oxygen atoms in total. The molecule has 0 saturated heterocycles. The molecule has 108 valence electrons. The molecule has 0 aliphatic carbocycles. The fourth-order valence-electron chi connectivity index (χ4n) is 2.00. The molecule has 2 rings (SSSR count). The van der Waals surface area contributed by atoms with Crippen LogP contribution in [0.4, 0.5) is 14.9 Å². The lowest BCUT2D eigenvalue weighted by Gasteiger charge is -2.20. The highest BCUT2D eigenvalue weighted by Gasteiger charge is 2.31. The highest BCUT2D eigenvalue weighted by atomic mass is 19.1. The monoisotopic (exact) mass is 280 g/mol. The number of carbonyl (C=O) groups excluding carboxylic acids is 2. The predicted molar refractivity (Wildman–Crippen MR) is 72.0 cm³/mol. The highest BCUT2D eigenvalue weighted by Crippen LogP contribution is 2.32. The lowest BCUT2D eigenvalue weighted by Crippen LogP contribution is -2.36. The minimum absolute atomic E-state index is 0.0667. The van der Waals surface area contributed by atoms with Crippen LogP contribution in [-0.2, 0) is 9.53 Å². The largest absolute Gasteiger partial charge is 0.444 e. The molecule has 1 aromatic rings. The van der Waals surface area contributed by atoms with E-state index in [2.05, 4.69) is 10.6 Å². The fraction of sp³-hybridized carbons (Fsp3) is 0.429. The molecular weight excluding hydrogens is 263 g/mol. The zero-order chi connectivity index (χ0) is 14.9. The SMILES string of the molecule is CC(C)(C)OC(=O)NCC1C(=O)Nc2ccc(F)cc21. The molecular formula is C14H17FN2O3. The summed E-state index contributed by atoms with van der Waals surface area (Å²) in [4.78, 5) is 23.4. The summed E-state index contributed by atoms with van der Waals surface area (Å²) in [6.45, 7) is 5.32. The van der Waals surface area contributed by atoms with Crippen LogP contribution >= 0.6 is 0 Å². The number of nitrogens with one attached hydrogen (secondary N) is 2. The Bertz CT molecular complexity index is 552. The number of fused-ring (bicyclic) bond motifs is 1. The number of hydrogen-bond acceptors (Lipinski definition) is 3. The topological polar surface area (TPSA) is 67.4 Å². The summed E-state index contributed by atoms with van der Waals surface area (Å²) in [6.07, 6.45) is -0.602. The molecule has 0 radical (unpaired) electrons. The van der Waals surface area contributed by atoms with Gasteiger partial charge in [0.1, 0.15) is 11.4 Å². The molecule has 2 N–H and O–H groups in total. The summed E-state index contributed by atoms with van der Waals surface area (Å²) in [5.74, 6) is -1.28. The molecule has 1 aliphatic heterocycles. The second-order valence-corrected chi connectivity index (χ2v) is 5.66. The van der Waals surface area contributed by atoms with Gasteiger partial charge in [0.25, 0.3) is 0 Å². The Morgan fingerprint density at radius 2 is 2.15 bits per heavy atom. The van der Waals surface area contributed by atoms with E-state index in [0.29, 0.717) is 11.3 Å². The number of carbonyl (C=O) groups is 2. The van der Waals surface area contributed by atoms with Gasteiger partial charge in [-0.3, -0.25) is 4.79 Å². The van der Waals surface area contributed by atoms with Gasteiger partial charge in [0.2, 0.25) is 5.91 Å².